The maximum atomic E-state index is 13.4. The number of aliphatic hydroxyl groups is 1. The average Bonchev–Trinajstić information content (AvgIpc) is 3.69. The molecule has 4 unspecified atom stereocenters. The Bertz CT molecular complexity index is 1980. The molecule has 0 amide bonds. The zero-order valence-electron chi connectivity index (χ0n) is 36.4. The van der Waals surface area contributed by atoms with Gasteiger partial charge in [0.1, 0.15) is 17.8 Å². The number of rotatable bonds is 16. The first-order chi connectivity index (χ1) is 27.2. The summed E-state index contributed by atoms with van der Waals surface area (Å²) in [5.41, 5.74) is 3.55. The summed E-state index contributed by atoms with van der Waals surface area (Å²) in [5, 5.41) is 29.3. The van der Waals surface area contributed by atoms with E-state index in [0.29, 0.717) is 37.3 Å². The molecule has 1 heterocycles. The van der Waals surface area contributed by atoms with E-state index in [9.17, 15) is 34.2 Å². The third-order valence-electron chi connectivity index (χ3n) is 11.3. The van der Waals surface area contributed by atoms with Gasteiger partial charge in [0.05, 0.1) is 23.2 Å². The van der Waals surface area contributed by atoms with Crippen LogP contribution in [0.15, 0.2) is 112 Å². The van der Waals surface area contributed by atoms with E-state index in [1.165, 1.54) is 6.92 Å². The van der Waals surface area contributed by atoms with Gasteiger partial charge in [-0.25, -0.2) is 9.59 Å². The first kappa shape index (κ1) is 48.3. The number of hydrogen-bond acceptors (Lipinski definition) is 9. The van der Waals surface area contributed by atoms with E-state index in [1.54, 1.807) is 19.9 Å². The van der Waals surface area contributed by atoms with Crippen molar-refractivity contribution < 1.29 is 53.5 Å². The zero-order valence-corrected chi connectivity index (χ0v) is 36.4. The van der Waals surface area contributed by atoms with Gasteiger partial charge in [-0.15, -0.1) is 5.73 Å². The van der Waals surface area contributed by atoms with Crippen molar-refractivity contribution in [2.24, 2.45) is 10.8 Å². The number of Topliss-reactive ketones (excluding diaryl/α,β-unsaturated/α-hetero) is 1. The molecule has 3 N–H and O–H groups in total. The normalized spacial score (nSPS) is 28.6. The molecule has 3 aliphatic rings. The summed E-state index contributed by atoms with van der Waals surface area (Å²) in [5.74, 6) is -4.21. The fourth-order valence-electron chi connectivity index (χ4n) is 8.50. The highest BCUT2D eigenvalue weighted by Crippen LogP contribution is 2.67. The summed E-state index contributed by atoms with van der Waals surface area (Å²) in [4.78, 5) is 59.7. The van der Waals surface area contributed by atoms with Crippen molar-refractivity contribution in [3.05, 3.63) is 112 Å². The number of ether oxygens (including phenoxy) is 3. The van der Waals surface area contributed by atoms with E-state index >= 15 is 0 Å². The molecule has 320 valence electrons. The van der Waals surface area contributed by atoms with Crippen LogP contribution in [-0.2, 0) is 38.2 Å². The molecule has 0 spiro atoms. The van der Waals surface area contributed by atoms with Gasteiger partial charge in [-0.05, 0) is 77.0 Å². The first-order valence-corrected chi connectivity index (χ1v) is 19.9. The SMILES string of the molecule is CC(=O)OC1CC(C)(C)C(=C=C/C(C)=C/C=C/C(C)=C/C=C/C=C(C)/C=C/C=C(\C)C(=O)CC23OC2(C)CC(OC(=O)/C=C(/CC(=O)O)C(=O)O)CC3(C)C)[C@](C)(O)C1. The smallest absolute Gasteiger partial charge is 0.332 e. The second kappa shape index (κ2) is 19.3. The van der Waals surface area contributed by atoms with Crippen molar-refractivity contribution >= 4 is 29.7 Å². The van der Waals surface area contributed by atoms with Crippen molar-refractivity contribution in [1.29, 1.82) is 0 Å². The Morgan fingerprint density at radius 1 is 0.746 bits per heavy atom. The molecular formula is C48H62O11. The number of epoxide rings is 1. The largest absolute Gasteiger partial charge is 0.481 e. The number of allylic oxidation sites excluding steroid dienone is 14. The van der Waals surface area contributed by atoms with Crippen molar-refractivity contribution in [2.45, 2.75) is 144 Å². The second-order valence-electron chi connectivity index (χ2n) is 17.8. The van der Waals surface area contributed by atoms with Crippen LogP contribution in [0.1, 0.15) is 115 Å². The molecule has 11 nitrogen and oxygen atoms in total. The molecule has 3 rings (SSSR count). The standard InChI is InChI=1S/C48H62O11/c1-31(18-14-19-33(3)22-23-40-44(6,7)26-37(57-35(5)49)28-46(40,10)56)16-12-13-17-32(2)20-15-21-34(4)39(50)30-48-45(8,9)27-38(29-47(48,11)59-48)58-42(53)25-36(43(54)55)24-41(51)52/h12-22,25,37-38,56H,24,26-30H2,1-11H3,(H,51,52)(H,54,55)/b13-12+,18-14+,20-15+,31-16+,32-17+,33-19+,34-21+,36-25-/t23?,37?,38?,46-,47?,48?/m1/s1. The van der Waals surface area contributed by atoms with E-state index < -0.39 is 58.2 Å². The van der Waals surface area contributed by atoms with Crippen molar-refractivity contribution in [1.82, 2.24) is 0 Å². The highest BCUT2D eigenvalue weighted by molar-refractivity contribution is 5.98. The predicted octanol–water partition coefficient (Wildman–Crippen LogP) is 8.73. The van der Waals surface area contributed by atoms with Gasteiger partial charge in [-0.1, -0.05) is 99.6 Å². The second-order valence-corrected chi connectivity index (χ2v) is 17.8. The summed E-state index contributed by atoms with van der Waals surface area (Å²) in [6.45, 7) is 20.7. The lowest BCUT2D eigenvalue weighted by molar-refractivity contribution is -0.153. The predicted molar refractivity (Wildman–Crippen MR) is 226 cm³/mol. The fraction of sp³-hybridized carbons (Fsp3) is 0.500. The maximum absolute atomic E-state index is 13.4. The molecule has 11 heteroatoms. The lowest BCUT2D eigenvalue weighted by atomic mass is 9.61. The lowest BCUT2D eigenvalue weighted by Crippen LogP contribution is -2.49. The summed E-state index contributed by atoms with van der Waals surface area (Å²) in [7, 11) is 0. The van der Waals surface area contributed by atoms with Gasteiger partial charge in [-0.2, -0.15) is 0 Å². The van der Waals surface area contributed by atoms with Gasteiger partial charge in [0.25, 0.3) is 0 Å². The quantitative estimate of drug-likeness (QED) is 0.0446. The van der Waals surface area contributed by atoms with Gasteiger partial charge in [0.2, 0.25) is 0 Å². The number of fused-ring (bicyclic) bond motifs is 1. The van der Waals surface area contributed by atoms with Crippen molar-refractivity contribution in [3.8, 4) is 0 Å². The number of carbonyl (C=O) groups is 5. The summed E-state index contributed by atoms with van der Waals surface area (Å²) in [6, 6.07) is 0. The highest BCUT2D eigenvalue weighted by atomic mass is 16.6. The maximum Gasteiger partial charge on any atom is 0.332 e. The third-order valence-corrected chi connectivity index (χ3v) is 11.3. The van der Waals surface area contributed by atoms with E-state index in [-0.39, 0.29) is 29.7 Å². The van der Waals surface area contributed by atoms with Gasteiger partial charge in [-0.3, -0.25) is 14.4 Å². The summed E-state index contributed by atoms with van der Waals surface area (Å²) in [6.07, 6.45) is 21.9. The van der Waals surface area contributed by atoms with Crippen LogP contribution in [0.2, 0.25) is 0 Å². The van der Waals surface area contributed by atoms with Gasteiger partial charge < -0.3 is 29.5 Å². The van der Waals surface area contributed by atoms with E-state index in [0.717, 1.165) is 22.3 Å². The van der Waals surface area contributed by atoms with E-state index in [2.05, 4.69) is 5.73 Å². The molecule has 59 heavy (non-hydrogen) atoms. The Balaban J connectivity index is 1.55. The molecule has 0 radical (unpaired) electrons. The fourth-order valence-corrected chi connectivity index (χ4v) is 8.50. The molecule has 0 aromatic heterocycles. The van der Waals surface area contributed by atoms with Gasteiger partial charge >= 0.3 is 23.9 Å². The van der Waals surface area contributed by atoms with Crippen LogP contribution in [0.4, 0.5) is 0 Å². The van der Waals surface area contributed by atoms with Gasteiger partial charge in [0.15, 0.2) is 5.78 Å². The van der Waals surface area contributed by atoms with Crippen LogP contribution >= 0.6 is 0 Å². The summed E-state index contributed by atoms with van der Waals surface area (Å²) < 4.78 is 17.2. The molecule has 2 aliphatic carbocycles. The molecule has 2 saturated carbocycles. The lowest BCUT2D eigenvalue weighted by Gasteiger charge is -2.44. The van der Waals surface area contributed by atoms with Crippen LogP contribution in [0.3, 0.4) is 0 Å². The molecule has 5 atom stereocenters. The minimum atomic E-state index is -1.51. The molecule has 0 aromatic rings. The number of esters is 2. The number of ketones is 1. The molecule has 0 bridgehead atoms. The minimum Gasteiger partial charge on any atom is -0.481 e. The van der Waals surface area contributed by atoms with E-state index in [1.807, 2.05) is 116 Å². The number of aliphatic carboxylic acids is 2. The van der Waals surface area contributed by atoms with Crippen LogP contribution in [0.25, 0.3) is 0 Å². The number of carbonyl (C=O) groups excluding carboxylic acids is 3. The summed E-state index contributed by atoms with van der Waals surface area (Å²) >= 11 is 0. The van der Waals surface area contributed by atoms with Crippen LogP contribution in [0.5, 0.6) is 0 Å². The van der Waals surface area contributed by atoms with Crippen LogP contribution in [0, 0.1) is 10.8 Å². The van der Waals surface area contributed by atoms with Gasteiger partial charge in [0, 0.05) is 43.3 Å². The number of carboxylic acid groups (broad SMARTS) is 2. The minimum absolute atomic E-state index is 0.0603. The Hall–Kier alpha value is -5.09. The van der Waals surface area contributed by atoms with Crippen LogP contribution in [-0.4, -0.2) is 74.0 Å². The molecule has 0 aromatic carbocycles. The molecule has 3 fully saturated rings. The first-order valence-electron chi connectivity index (χ1n) is 19.9. The Morgan fingerprint density at radius 2 is 1.31 bits per heavy atom. The zero-order chi connectivity index (χ0) is 44.6. The Kier molecular flexibility index (Phi) is 15.8. The highest BCUT2D eigenvalue weighted by Gasteiger charge is 2.76. The average molecular weight is 815 g/mol. The molecular weight excluding hydrogens is 753 g/mol. The van der Waals surface area contributed by atoms with Crippen molar-refractivity contribution in [3.63, 3.8) is 0 Å². The third kappa shape index (κ3) is 13.2. The molecule has 1 aliphatic heterocycles. The van der Waals surface area contributed by atoms with Crippen LogP contribution < -0.4 is 0 Å². The van der Waals surface area contributed by atoms with Crippen molar-refractivity contribution in [2.75, 3.05) is 0 Å². The monoisotopic (exact) mass is 814 g/mol. The molecule has 1 saturated heterocycles. The van der Waals surface area contributed by atoms with E-state index in [4.69, 9.17) is 19.3 Å². The Labute approximate surface area is 349 Å². The number of carboxylic acids is 2. The Morgan fingerprint density at radius 3 is 1.83 bits per heavy atom. The number of hydrogen-bond donors (Lipinski definition) is 3. The topological polar surface area (TPSA) is 177 Å².